The minimum Gasteiger partial charge on any atom is -0.341 e. The number of fused-ring (bicyclic) bond motifs is 1. The van der Waals surface area contributed by atoms with Crippen LogP contribution in [0.25, 0.3) is 11.0 Å². The summed E-state index contributed by atoms with van der Waals surface area (Å²) in [7, 11) is 2.07. The highest BCUT2D eigenvalue weighted by Gasteiger charge is 2.07. The van der Waals surface area contributed by atoms with Gasteiger partial charge in [0, 0.05) is 16.4 Å². The van der Waals surface area contributed by atoms with Gasteiger partial charge in [-0.25, -0.2) is 9.97 Å². The first-order valence-corrected chi connectivity index (χ1v) is 7.64. The Morgan fingerprint density at radius 1 is 1.37 bits per heavy atom. The maximum atomic E-state index is 4.59. The Balaban J connectivity index is 1.74. The molecule has 6 heteroatoms. The number of imidazole rings is 1. The number of nitrogens with zero attached hydrogens (tertiary/aromatic N) is 3. The normalized spacial score (nSPS) is 11.5. The molecule has 3 aromatic rings. The Labute approximate surface area is 123 Å². The zero-order valence-electron chi connectivity index (χ0n) is 10.4. The number of thiazole rings is 1. The summed E-state index contributed by atoms with van der Waals surface area (Å²) in [5.74, 6) is 0.978. The molecule has 0 radical (unpaired) electrons. The van der Waals surface area contributed by atoms with Gasteiger partial charge in [0.2, 0.25) is 0 Å². The van der Waals surface area contributed by atoms with Gasteiger partial charge in [0.1, 0.15) is 5.82 Å². The average molecular weight is 337 g/mol. The van der Waals surface area contributed by atoms with Gasteiger partial charge in [0.25, 0.3) is 0 Å². The van der Waals surface area contributed by atoms with Crippen LogP contribution >= 0.6 is 27.3 Å². The minimum absolute atomic E-state index is 0.782. The predicted octanol–water partition coefficient (Wildman–Crippen LogP) is 3.41. The standard InChI is InChI=1S/C13H13BrN4S/c1-18(5-10-7-19-8-15-10)6-13-16-11-3-2-9(14)4-12(11)17-13/h2-4,7-8H,5-6H2,1H3,(H,16,17). The van der Waals surface area contributed by atoms with E-state index in [4.69, 9.17) is 0 Å². The number of hydrogen-bond donors (Lipinski definition) is 1. The van der Waals surface area contributed by atoms with Crippen LogP contribution in [0.1, 0.15) is 11.5 Å². The molecule has 0 spiro atoms. The van der Waals surface area contributed by atoms with E-state index < -0.39 is 0 Å². The maximum Gasteiger partial charge on any atom is 0.121 e. The van der Waals surface area contributed by atoms with Gasteiger partial charge in [-0.3, -0.25) is 4.90 Å². The second-order valence-corrected chi connectivity index (χ2v) is 6.13. The molecule has 3 rings (SSSR count). The molecule has 0 amide bonds. The monoisotopic (exact) mass is 336 g/mol. The molecule has 98 valence electrons. The van der Waals surface area contributed by atoms with Crippen LogP contribution in [0.15, 0.2) is 33.6 Å². The van der Waals surface area contributed by atoms with Crippen molar-refractivity contribution in [3.8, 4) is 0 Å². The first-order valence-electron chi connectivity index (χ1n) is 5.90. The molecule has 1 N–H and O–H groups in total. The molecule has 0 atom stereocenters. The van der Waals surface area contributed by atoms with E-state index in [2.05, 4.69) is 48.2 Å². The molecule has 1 aromatic carbocycles. The number of benzene rings is 1. The van der Waals surface area contributed by atoms with Crippen molar-refractivity contribution in [2.24, 2.45) is 0 Å². The van der Waals surface area contributed by atoms with E-state index in [-0.39, 0.29) is 0 Å². The maximum absolute atomic E-state index is 4.59. The lowest BCUT2D eigenvalue weighted by Crippen LogP contribution is -2.18. The Hall–Kier alpha value is -1.24. The summed E-state index contributed by atoms with van der Waals surface area (Å²) in [6, 6.07) is 6.07. The lowest BCUT2D eigenvalue weighted by atomic mass is 10.3. The average Bonchev–Trinajstić information content (AvgIpc) is 2.97. The van der Waals surface area contributed by atoms with Gasteiger partial charge in [0.15, 0.2) is 0 Å². The zero-order chi connectivity index (χ0) is 13.2. The molecule has 0 saturated carbocycles. The summed E-state index contributed by atoms with van der Waals surface area (Å²) in [6.45, 7) is 1.62. The van der Waals surface area contributed by atoms with E-state index in [1.54, 1.807) is 11.3 Å². The van der Waals surface area contributed by atoms with E-state index in [9.17, 15) is 0 Å². The fraction of sp³-hybridized carbons (Fsp3) is 0.231. The van der Waals surface area contributed by atoms with Crippen molar-refractivity contribution in [3.05, 3.63) is 45.1 Å². The van der Waals surface area contributed by atoms with Gasteiger partial charge in [-0.05, 0) is 25.2 Å². The Bertz CT molecular complexity index is 677. The van der Waals surface area contributed by atoms with Crippen molar-refractivity contribution in [1.29, 1.82) is 0 Å². The summed E-state index contributed by atoms with van der Waals surface area (Å²) in [5.41, 5.74) is 5.03. The van der Waals surface area contributed by atoms with Crippen molar-refractivity contribution in [3.63, 3.8) is 0 Å². The number of halogens is 1. The van der Waals surface area contributed by atoms with Crippen LogP contribution in [-0.2, 0) is 13.1 Å². The predicted molar refractivity (Wildman–Crippen MR) is 81.1 cm³/mol. The fourth-order valence-electron chi connectivity index (χ4n) is 2.01. The van der Waals surface area contributed by atoms with Gasteiger partial charge in [-0.1, -0.05) is 15.9 Å². The Morgan fingerprint density at radius 2 is 2.26 bits per heavy atom. The third-order valence-corrected chi connectivity index (χ3v) is 3.96. The van der Waals surface area contributed by atoms with Crippen molar-refractivity contribution in [1.82, 2.24) is 19.9 Å². The smallest absolute Gasteiger partial charge is 0.121 e. The van der Waals surface area contributed by atoms with Gasteiger partial charge < -0.3 is 4.98 Å². The Morgan fingerprint density at radius 3 is 3.05 bits per heavy atom. The highest BCUT2D eigenvalue weighted by atomic mass is 79.9. The fourth-order valence-corrected chi connectivity index (χ4v) is 2.92. The van der Waals surface area contributed by atoms with Crippen LogP contribution < -0.4 is 0 Å². The lowest BCUT2D eigenvalue weighted by molar-refractivity contribution is 0.309. The van der Waals surface area contributed by atoms with Crippen LogP contribution in [-0.4, -0.2) is 26.9 Å². The van der Waals surface area contributed by atoms with Crippen molar-refractivity contribution in [2.75, 3.05) is 7.05 Å². The number of nitrogens with one attached hydrogen (secondary N) is 1. The second kappa shape index (κ2) is 5.40. The highest BCUT2D eigenvalue weighted by molar-refractivity contribution is 9.10. The summed E-state index contributed by atoms with van der Waals surface area (Å²) >= 11 is 5.09. The molecule has 0 aliphatic carbocycles. The molecule has 19 heavy (non-hydrogen) atoms. The van der Waals surface area contributed by atoms with Crippen molar-refractivity contribution < 1.29 is 0 Å². The summed E-state index contributed by atoms with van der Waals surface area (Å²) in [5, 5.41) is 2.08. The number of hydrogen-bond acceptors (Lipinski definition) is 4. The van der Waals surface area contributed by atoms with Crippen LogP contribution in [0.3, 0.4) is 0 Å². The van der Waals surface area contributed by atoms with Gasteiger partial charge in [0.05, 0.1) is 28.8 Å². The van der Waals surface area contributed by atoms with E-state index in [1.165, 1.54) is 0 Å². The van der Waals surface area contributed by atoms with Crippen LogP contribution in [0.2, 0.25) is 0 Å². The highest BCUT2D eigenvalue weighted by Crippen LogP contribution is 2.18. The molecule has 4 nitrogen and oxygen atoms in total. The molecule has 0 aliphatic heterocycles. The summed E-state index contributed by atoms with van der Waals surface area (Å²) in [6.07, 6.45) is 0. The quantitative estimate of drug-likeness (QED) is 0.793. The number of H-pyrrole nitrogens is 1. The molecule has 0 aliphatic rings. The SMILES string of the molecule is CN(Cc1cscn1)Cc1nc2ccc(Br)cc2[nH]1. The molecule has 2 heterocycles. The van der Waals surface area contributed by atoms with E-state index in [0.717, 1.165) is 40.1 Å². The third kappa shape index (κ3) is 3.02. The van der Waals surface area contributed by atoms with Crippen LogP contribution in [0.5, 0.6) is 0 Å². The lowest BCUT2D eigenvalue weighted by Gasteiger charge is -2.12. The molecule has 0 fully saturated rings. The van der Waals surface area contributed by atoms with E-state index >= 15 is 0 Å². The third-order valence-electron chi connectivity index (χ3n) is 2.83. The first kappa shape index (κ1) is 12.8. The van der Waals surface area contributed by atoms with Gasteiger partial charge in [-0.2, -0.15) is 0 Å². The van der Waals surface area contributed by atoms with Crippen LogP contribution in [0, 0.1) is 0 Å². The van der Waals surface area contributed by atoms with E-state index in [0.29, 0.717) is 0 Å². The second-order valence-electron chi connectivity index (χ2n) is 4.50. The molecule has 2 aromatic heterocycles. The first-order chi connectivity index (χ1) is 9.20. The number of aromatic amines is 1. The van der Waals surface area contributed by atoms with Crippen molar-refractivity contribution >= 4 is 38.3 Å². The largest absolute Gasteiger partial charge is 0.341 e. The molecular formula is C13H13BrN4S. The number of aromatic nitrogens is 3. The molecule has 0 unspecified atom stereocenters. The Kier molecular flexibility index (Phi) is 3.63. The topological polar surface area (TPSA) is 44.8 Å². The zero-order valence-corrected chi connectivity index (χ0v) is 12.8. The summed E-state index contributed by atoms with van der Waals surface area (Å²) < 4.78 is 1.06. The number of rotatable bonds is 4. The summed E-state index contributed by atoms with van der Waals surface area (Å²) in [4.78, 5) is 14.4. The van der Waals surface area contributed by atoms with Gasteiger partial charge in [-0.15, -0.1) is 11.3 Å². The van der Waals surface area contributed by atoms with Gasteiger partial charge >= 0.3 is 0 Å². The minimum atomic E-state index is 0.782. The van der Waals surface area contributed by atoms with Crippen LogP contribution in [0.4, 0.5) is 0 Å². The molecule has 0 bridgehead atoms. The molecular weight excluding hydrogens is 324 g/mol. The molecule has 0 saturated heterocycles. The van der Waals surface area contributed by atoms with E-state index in [1.807, 2.05) is 23.7 Å². The van der Waals surface area contributed by atoms with Crippen molar-refractivity contribution in [2.45, 2.75) is 13.1 Å².